The molecular formula is C23H27NO3. The number of terminal acetylenes is 1. The Labute approximate surface area is 162 Å². The van der Waals surface area contributed by atoms with Crippen LogP contribution in [0.2, 0.25) is 0 Å². The predicted octanol–water partition coefficient (Wildman–Crippen LogP) is 4.84. The minimum absolute atomic E-state index is 0.202. The van der Waals surface area contributed by atoms with E-state index in [9.17, 15) is 0 Å². The van der Waals surface area contributed by atoms with E-state index < -0.39 is 0 Å². The fourth-order valence-corrected chi connectivity index (χ4v) is 2.71. The molecule has 0 bridgehead atoms. The van der Waals surface area contributed by atoms with Crippen molar-refractivity contribution in [3.8, 4) is 29.6 Å². The zero-order valence-corrected chi connectivity index (χ0v) is 16.1. The van der Waals surface area contributed by atoms with Gasteiger partial charge in [-0.25, -0.2) is 0 Å². The molecule has 4 nitrogen and oxygen atoms in total. The molecule has 0 spiro atoms. The highest BCUT2D eigenvalue weighted by Crippen LogP contribution is 2.34. The van der Waals surface area contributed by atoms with E-state index in [4.69, 9.17) is 20.6 Å². The maximum Gasteiger partial charge on any atom is 0.166 e. The molecule has 0 radical (unpaired) electrons. The van der Waals surface area contributed by atoms with Gasteiger partial charge in [-0.05, 0) is 62.2 Å². The number of nitrogens with one attached hydrogen (secondary N) is 1. The number of hydrogen-bond donors (Lipinski definition) is 1. The summed E-state index contributed by atoms with van der Waals surface area (Å²) in [6, 6.07) is 12.0. The summed E-state index contributed by atoms with van der Waals surface area (Å²) >= 11 is 0. The van der Waals surface area contributed by atoms with Crippen molar-refractivity contribution in [1.29, 1.82) is 0 Å². The summed E-state index contributed by atoms with van der Waals surface area (Å²) in [5, 5.41) is 3.42. The number of allylic oxidation sites excluding steroid dienone is 1. The average molecular weight is 365 g/mol. The third kappa shape index (κ3) is 6.00. The lowest BCUT2D eigenvalue weighted by Gasteiger charge is -2.17. The number of rotatable bonds is 11. The summed E-state index contributed by atoms with van der Waals surface area (Å²) in [7, 11) is 0. The molecule has 142 valence electrons. The van der Waals surface area contributed by atoms with Crippen molar-refractivity contribution < 1.29 is 14.2 Å². The molecule has 0 aliphatic carbocycles. The van der Waals surface area contributed by atoms with E-state index >= 15 is 0 Å². The van der Waals surface area contributed by atoms with Gasteiger partial charge in [-0.1, -0.05) is 12.0 Å². The van der Waals surface area contributed by atoms with E-state index in [0.717, 1.165) is 22.6 Å². The molecule has 0 fully saturated rings. The Morgan fingerprint density at radius 3 is 2.44 bits per heavy atom. The summed E-state index contributed by atoms with van der Waals surface area (Å²) in [6.07, 6.45) is 7.86. The lowest BCUT2D eigenvalue weighted by Crippen LogP contribution is -2.06. The molecule has 2 aromatic carbocycles. The van der Waals surface area contributed by atoms with Crippen LogP contribution in [-0.2, 0) is 13.0 Å². The van der Waals surface area contributed by atoms with Crippen molar-refractivity contribution in [2.45, 2.75) is 26.8 Å². The number of benzene rings is 2. The van der Waals surface area contributed by atoms with E-state index in [1.807, 2.05) is 50.3 Å². The van der Waals surface area contributed by atoms with Gasteiger partial charge in [0.15, 0.2) is 11.5 Å². The van der Waals surface area contributed by atoms with Gasteiger partial charge < -0.3 is 19.5 Å². The number of anilines is 1. The fourth-order valence-electron chi connectivity index (χ4n) is 2.71. The van der Waals surface area contributed by atoms with Gasteiger partial charge in [-0.3, -0.25) is 0 Å². The third-order valence-electron chi connectivity index (χ3n) is 3.82. The molecule has 4 heteroatoms. The van der Waals surface area contributed by atoms with Gasteiger partial charge in [0.25, 0.3) is 0 Å². The van der Waals surface area contributed by atoms with Gasteiger partial charge in [0.1, 0.15) is 12.4 Å². The van der Waals surface area contributed by atoms with Crippen molar-refractivity contribution >= 4 is 5.69 Å². The lowest BCUT2D eigenvalue weighted by molar-refractivity contribution is 0.297. The highest BCUT2D eigenvalue weighted by Gasteiger charge is 2.13. The second-order valence-electron chi connectivity index (χ2n) is 5.81. The Morgan fingerprint density at radius 1 is 1.07 bits per heavy atom. The Bertz CT molecular complexity index is 775. The first-order valence-electron chi connectivity index (χ1n) is 9.14. The topological polar surface area (TPSA) is 39.7 Å². The summed E-state index contributed by atoms with van der Waals surface area (Å²) in [5.74, 6) is 4.77. The largest absolute Gasteiger partial charge is 0.494 e. The van der Waals surface area contributed by atoms with Gasteiger partial charge >= 0.3 is 0 Å². The molecule has 0 aliphatic rings. The summed E-state index contributed by atoms with van der Waals surface area (Å²) < 4.78 is 17.0. The zero-order chi connectivity index (χ0) is 19.5. The lowest BCUT2D eigenvalue weighted by atomic mass is 10.1. The maximum absolute atomic E-state index is 5.78. The van der Waals surface area contributed by atoms with Crippen LogP contribution in [-0.4, -0.2) is 19.8 Å². The quantitative estimate of drug-likeness (QED) is 0.457. The monoisotopic (exact) mass is 365 g/mol. The van der Waals surface area contributed by atoms with Crippen molar-refractivity contribution in [1.82, 2.24) is 0 Å². The predicted molar refractivity (Wildman–Crippen MR) is 111 cm³/mol. The molecule has 2 aromatic rings. The summed E-state index contributed by atoms with van der Waals surface area (Å²) in [5.41, 5.74) is 3.13. The van der Waals surface area contributed by atoms with Crippen LogP contribution in [0.5, 0.6) is 17.2 Å². The van der Waals surface area contributed by atoms with Crippen LogP contribution in [0, 0.1) is 12.3 Å². The van der Waals surface area contributed by atoms with Crippen molar-refractivity contribution in [2.24, 2.45) is 0 Å². The second-order valence-corrected chi connectivity index (χ2v) is 5.81. The van der Waals surface area contributed by atoms with Crippen LogP contribution >= 0.6 is 0 Å². The van der Waals surface area contributed by atoms with Gasteiger partial charge in [-0.2, -0.15) is 0 Å². The first kappa shape index (κ1) is 20.3. The molecule has 0 heterocycles. The smallest absolute Gasteiger partial charge is 0.166 e. The Morgan fingerprint density at radius 2 is 1.81 bits per heavy atom. The average Bonchev–Trinajstić information content (AvgIpc) is 2.67. The minimum Gasteiger partial charge on any atom is -0.494 e. The molecule has 0 aromatic heterocycles. The standard InChI is InChI=1S/C23H27NO3/c1-5-9-19-15-18(16-22(26-8-4)23(19)27-14-6-2)17-24-20-10-12-21(13-11-20)25-7-3/h2,5,10-13,15-16,24H,1,7-9,14,17H2,3-4H3. The molecule has 0 unspecified atom stereocenters. The molecule has 0 aliphatic heterocycles. The summed E-state index contributed by atoms with van der Waals surface area (Å²) in [6.45, 7) is 9.83. The van der Waals surface area contributed by atoms with E-state index in [1.54, 1.807) is 0 Å². The van der Waals surface area contributed by atoms with Gasteiger partial charge in [0.05, 0.1) is 13.2 Å². The first-order valence-corrected chi connectivity index (χ1v) is 9.14. The normalized spacial score (nSPS) is 9.96. The molecule has 27 heavy (non-hydrogen) atoms. The Kier molecular flexibility index (Phi) is 8.12. The molecule has 0 atom stereocenters. The Hall–Kier alpha value is -3.06. The van der Waals surface area contributed by atoms with E-state index in [1.165, 1.54) is 0 Å². The van der Waals surface area contributed by atoms with Crippen LogP contribution in [0.1, 0.15) is 25.0 Å². The van der Waals surface area contributed by atoms with E-state index in [2.05, 4.69) is 23.9 Å². The molecular weight excluding hydrogens is 338 g/mol. The van der Waals surface area contributed by atoms with Crippen molar-refractivity contribution in [3.05, 3.63) is 60.2 Å². The van der Waals surface area contributed by atoms with Gasteiger partial charge in [0, 0.05) is 17.8 Å². The number of ether oxygens (including phenoxy) is 3. The van der Waals surface area contributed by atoms with Crippen LogP contribution in [0.4, 0.5) is 5.69 Å². The molecule has 2 rings (SSSR count). The van der Waals surface area contributed by atoms with Crippen LogP contribution in [0.3, 0.4) is 0 Å². The van der Waals surface area contributed by atoms with Crippen LogP contribution in [0.25, 0.3) is 0 Å². The fraction of sp³-hybridized carbons (Fsp3) is 0.304. The highest BCUT2D eigenvalue weighted by molar-refractivity contribution is 5.52. The van der Waals surface area contributed by atoms with E-state index in [-0.39, 0.29) is 6.61 Å². The van der Waals surface area contributed by atoms with Crippen LogP contribution < -0.4 is 19.5 Å². The van der Waals surface area contributed by atoms with Crippen molar-refractivity contribution in [2.75, 3.05) is 25.1 Å². The van der Waals surface area contributed by atoms with E-state index in [0.29, 0.717) is 37.7 Å². The number of hydrogen-bond acceptors (Lipinski definition) is 4. The van der Waals surface area contributed by atoms with Gasteiger partial charge in [0.2, 0.25) is 0 Å². The van der Waals surface area contributed by atoms with Crippen LogP contribution in [0.15, 0.2) is 49.1 Å². The third-order valence-corrected chi connectivity index (χ3v) is 3.82. The highest BCUT2D eigenvalue weighted by atomic mass is 16.5. The molecule has 1 N–H and O–H groups in total. The summed E-state index contributed by atoms with van der Waals surface area (Å²) in [4.78, 5) is 0. The van der Waals surface area contributed by atoms with Crippen molar-refractivity contribution in [3.63, 3.8) is 0 Å². The molecule has 0 saturated heterocycles. The SMILES string of the molecule is C#CCOc1c(CC=C)cc(CNc2ccc(OCC)cc2)cc1OCC. The first-order chi connectivity index (χ1) is 13.2. The van der Waals surface area contributed by atoms with Gasteiger partial charge in [-0.15, -0.1) is 13.0 Å². The zero-order valence-electron chi connectivity index (χ0n) is 16.1. The Balaban J connectivity index is 2.19. The maximum atomic E-state index is 5.78. The second kappa shape index (κ2) is 10.8. The molecule has 0 amide bonds. The minimum atomic E-state index is 0.202. The molecule has 0 saturated carbocycles.